The molecule has 0 spiro atoms. The van der Waals surface area contributed by atoms with Gasteiger partial charge >= 0.3 is 0 Å². The normalized spacial score (nSPS) is 17.7. The van der Waals surface area contributed by atoms with Crippen LogP contribution in [0, 0.1) is 0 Å². The number of rotatable bonds is 4. The van der Waals surface area contributed by atoms with Crippen LogP contribution in [0.15, 0.2) is 54.6 Å². The molecule has 0 aromatic heterocycles. The number of amides is 2. The van der Waals surface area contributed by atoms with Gasteiger partial charge in [-0.15, -0.1) is 0 Å². The minimum Gasteiger partial charge on any atom is -0.379 e. The maximum absolute atomic E-state index is 13.0. The van der Waals surface area contributed by atoms with Crippen LogP contribution in [-0.2, 0) is 9.53 Å². The van der Waals surface area contributed by atoms with Crippen LogP contribution in [-0.4, -0.2) is 56.2 Å². The van der Waals surface area contributed by atoms with Crippen LogP contribution in [0.25, 0.3) is 0 Å². The molecule has 2 heterocycles. The standard InChI is InChI=1S/C21H23N3O3/c25-20(10-11-22-12-14-27-15-13-22)24-16-23(17-6-2-1-3-7-17)21(26)18-8-4-5-9-19(18)24/h1-9H,10-16H2. The second-order valence-corrected chi connectivity index (χ2v) is 6.75. The molecule has 1 saturated heterocycles. The van der Waals surface area contributed by atoms with E-state index < -0.39 is 0 Å². The lowest BCUT2D eigenvalue weighted by Crippen LogP contribution is -2.50. The first-order valence-electron chi connectivity index (χ1n) is 9.30. The Hall–Kier alpha value is -2.70. The molecule has 4 rings (SSSR count). The highest BCUT2D eigenvalue weighted by Gasteiger charge is 2.33. The van der Waals surface area contributed by atoms with Crippen LogP contribution < -0.4 is 9.80 Å². The van der Waals surface area contributed by atoms with Gasteiger partial charge in [-0.2, -0.15) is 0 Å². The van der Waals surface area contributed by atoms with E-state index in [-0.39, 0.29) is 18.5 Å². The molecule has 2 aliphatic heterocycles. The van der Waals surface area contributed by atoms with Gasteiger partial charge in [0.2, 0.25) is 5.91 Å². The highest BCUT2D eigenvalue weighted by Crippen LogP contribution is 2.30. The predicted octanol–water partition coefficient (Wildman–Crippen LogP) is 2.36. The number of ether oxygens (including phenoxy) is 1. The van der Waals surface area contributed by atoms with Gasteiger partial charge < -0.3 is 4.74 Å². The molecule has 6 nitrogen and oxygen atoms in total. The van der Waals surface area contributed by atoms with Crippen molar-refractivity contribution < 1.29 is 14.3 Å². The summed E-state index contributed by atoms with van der Waals surface area (Å²) in [5, 5.41) is 0. The van der Waals surface area contributed by atoms with Crippen molar-refractivity contribution in [1.29, 1.82) is 0 Å². The van der Waals surface area contributed by atoms with Crippen LogP contribution in [0.3, 0.4) is 0 Å². The van der Waals surface area contributed by atoms with Crippen molar-refractivity contribution in [1.82, 2.24) is 4.90 Å². The van der Waals surface area contributed by atoms with Gasteiger partial charge in [0, 0.05) is 31.7 Å². The Kier molecular flexibility index (Phi) is 5.18. The summed E-state index contributed by atoms with van der Waals surface area (Å²) in [6.45, 7) is 4.10. The third-order valence-electron chi connectivity index (χ3n) is 5.07. The Morgan fingerprint density at radius 1 is 0.963 bits per heavy atom. The third-order valence-corrected chi connectivity index (χ3v) is 5.07. The molecule has 0 saturated carbocycles. The number of para-hydroxylation sites is 2. The number of carbonyl (C=O) groups excluding carboxylic acids is 2. The summed E-state index contributed by atoms with van der Waals surface area (Å²) in [7, 11) is 0. The molecular weight excluding hydrogens is 342 g/mol. The minimum atomic E-state index is -0.0750. The first kappa shape index (κ1) is 17.7. The van der Waals surface area contributed by atoms with Gasteiger partial charge in [-0.1, -0.05) is 30.3 Å². The van der Waals surface area contributed by atoms with E-state index in [2.05, 4.69) is 4.90 Å². The van der Waals surface area contributed by atoms with Crippen molar-refractivity contribution in [3.63, 3.8) is 0 Å². The molecule has 27 heavy (non-hydrogen) atoms. The Morgan fingerprint density at radius 3 is 2.44 bits per heavy atom. The highest BCUT2D eigenvalue weighted by molar-refractivity contribution is 6.15. The van der Waals surface area contributed by atoms with Crippen molar-refractivity contribution in [2.75, 3.05) is 49.3 Å². The Morgan fingerprint density at radius 2 is 1.67 bits per heavy atom. The number of hydrogen-bond donors (Lipinski definition) is 0. The van der Waals surface area contributed by atoms with Gasteiger partial charge in [0.25, 0.3) is 5.91 Å². The molecule has 0 bridgehead atoms. The maximum Gasteiger partial charge on any atom is 0.261 e. The fourth-order valence-corrected chi connectivity index (χ4v) is 3.55. The lowest BCUT2D eigenvalue weighted by molar-refractivity contribution is -0.119. The molecule has 1 fully saturated rings. The van der Waals surface area contributed by atoms with Crippen molar-refractivity contribution in [2.45, 2.75) is 6.42 Å². The Balaban J connectivity index is 1.56. The van der Waals surface area contributed by atoms with Gasteiger partial charge in [0.05, 0.1) is 24.5 Å². The number of hydrogen-bond acceptors (Lipinski definition) is 4. The molecule has 2 aliphatic rings. The van der Waals surface area contributed by atoms with E-state index >= 15 is 0 Å². The van der Waals surface area contributed by atoms with Gasteiger partial charge in [-0.05, 0) is 24.3 Å². The van der Waals surface area contributed by atoms with Gasteiger partial charge in [-0.25, -0.2) is 0 Å². The molecule has 0 unspecified atom stereocenters. The van der Waals surface area contributed by atoms with E-state index in [4.69, 9.17) is 4.74 Å². The molecule has 6 heteroatoms. The number of anilines is 2. The van der Waals surface area contributed by atoms with Crippen molar-refractivity contribution in [3.8, 4) is 0 Å². The van der Waals surface area contributed by atoms with Crippen molar-refractivity contribution in [2.24, 2.45) is 0 Å². The molecule has 0 radical (unpaired) electrons. The molecule has 2 amide bonds. The van der Waals surface area contributed by atoms with E-state index in [0.29, 0.717) is 24.2 Å². The molecule has 0 N–H and O–H groups in total. The molecule has 140 valence electrons. The zero-order chi connectivity index (χ0) is 18.6. The summed E-state index contributed by atoms with van der Waals surface area (Å²) in [6.07, 6.45) is 0.422. The lowest BCUT2D eigenvalue weighted by Gasteiger charge is -2.37. The zero-order valence-corrected chi connectivity index (χ0v) is 15.2. The summed E-state index contributed by atoms with van der Waals surface area (Å²) in [5.41, 5.74) is 2.05. The predicted molar refractivity (Wildman–Crippen MR) is 104 cm³/mol. The number of carbonyl (C=O) groups is 2. The second-order valence-electron chi connectivity index (χ2n) is 6.75. The van der Waals surface area contributed by atoms with Gasteiger partial charge in [-0.3, -0.25) is 24.3 Å². The fourth-order valence-electron chi connectivity index (χ4n) is 3.55. The first-order chi connectivity index (χ1) is 13.2. The van der Waals surface area contributed by atoms with Crippen LogP contribution in [0.1, 0.15) is 16.8 Å². The number of morpholine rings is 1. The lowest BCUT2D eigenvalue weighted by atomic mass is 10.1. The quantitative estimate of drug-likeness (QED) is 0.835. The highest BCUT2D eigenvalue weighted by atomic mass is 16.5. The Bertz CT molecular complexity index is 818. The smallest absolute Gasteiger partial charge is 0.261 e. The third kappa shape index (κ3) is 3.72. The van der Waals surface area contributed by atoms with Gasteiger partial charge in [0.15, 0.2) is 0 Å². The fraction of sp³-hybridized carbons (Fsp3) is 0.333. The molecule has 2 aromatic rings. The summed E-state index contributed by atoms with van der Waals surface area (Å²) in [4.78, 5) is 31.6. The molecular formula is C21H23N3O3. The second kappa shape index (κ2) is 7.90. The summed E-state index contributed by atoms with van der Waals surface area (Å²) in [5.74, 6) is -0.0450. The molecule has 0 atom stereocenters. The van der Waals surface area contributed by atoms with E-state index in [9.17, 15) is 9.59 Å². The van der Waals surface area contributed by atoms with E-state index in [0.717, 1.165) is 32.0 Å². The van der Waals surface area contributed by atoms with Crippen LogP contribution >= 0.6 is 0 Å². The maximum atomic E-state index is 13.0. The SMILES string of the molecule is O=C1c2ccccc2N(C(=O)CCN2CCOCC2)CN1c1ccccc1. The average molecular weight is 365 g/mol. The van der Waals surface area contributed by atoms with E-state index in [1.165, 1.54) is 0 Å². The van der Waals surface area contributed by atoms with Crippen LogP contribution in [0.5, 0.6) is 0 Å². The number of fused-ring (bicyclic) bond motifs is 1. The zero-order valence-electron chi connectivity index (χ0n) is 15.2. The first-order valence-corrected chi connectivity index (χ1v) is 9.30. The average Bonchev–Trinajstić information content (AvgIpc) is 2.74. The summed E-state index contributed by atoms with van der Waals surface area (Å²) in [6, 6.07) is 16.8. The van der Waals surface area contributed by atoms with Gasteiger partial charge in [0.1, 0.15) is 6.67 Å². The molecule has 2 aromatic carbocycles. The van der Waals surface area contributed by atoms with Crippen molar-refractivity contribution >= 4 is 23.2 Å². The minimum absolute atomic E-state index is 0.0300. The van der Waals surface area contributed by atoms with Crippen LogP contribution in [0.4, 0.5) is 11.4 Å². The van der Waals surface area contributed by atoms with Crippen LogP contribution in [0.2, 0.25) is 0 Å². The van der Waals surface area contributed by atoms with E-state index in [1.54, 1.807) is 15.9 Å². The monoisotopic (exact) mass is 365 g/mol. The van der Waals surface area contributed by atoms with E-state index in [1.807, 2.05) is 48.5 Å². The summed E-state index contributed by atoms with van der Waals surface area (Å²) >= 11 is 0. The number of benzene rings is 2. The number of nitrogens with zero attached hydrogens (tertiary/aromatic N) is 3. The van der Waals surface area contributed by atoms with Crippen molar-refractivity contribution in [3.05, 3.63) is 60.2 Å². The summed E-state index contributed by atoms with van der Waals surface area (Å²) < 4.78 is 5.36. The molecule has 0 aliphatic carbocycles. The Labute approximate surface area is 158 Å². The topological polar surface area (TPSA) is 53.1 Å². The largest absolute Gasteiger partial charge is 0.379 e.